The van der Waals surface area contributed by atoms with Crippen molar-refractivity contribution in [3.8, 4) is 0 Å². The van der Waals surface area contributed by atoms with Crippen molar-refractivity contribution in [2.24, 2.45) is 5.73 Å². The van der Waals surface area contributed by atoms with Gasteiger partial charge in [0.15, 0.2) is 5.65 Å². The Kier molecular flexibility index (Phi) is 2.95. The summed E-state index contributed by atoms with van der Waals surface area (Å²) in [5.41, 5.74) is 7.92. The quantitative estimate of drug-likeness (QED) is 0.794. The summed E-state index contributed by atoms with van der Waals surface area (Å²) in [6.07, 6.45) is 1.67. The number of pyridine rings is 1. The minimum atomic E-state index is -0.264. The minimum absolute atomic E-state index is 0.264. The molecule has 3 aromatic rings. The third-order valence-electron chi connectivity index (χ3n) is 3.09. The van der Waals surface area contributed by atoms with Crippen molar-refractivity contribution in [3.63, 3.8) is 0 Å². The second kappa shape index (κ2) is 4.77. The molecule has 0 saturated heterocycles. The molecule has 2 aromatic heterocycles. The first kappa shape index (κ1) is 12.3. The third-order valence-corrected chi connectivity index (χ3v) is 3.09. The summed E-state index contributed by atoms with van der Waals surface area (Å²) in [6.45, 7) is 4.01. The molecule has 0 aliphatic heterocycles. The maximum absolute atomic E-state index is 13.7. The summed E-state index contributed by atoms with van der Waals surface area (Å²) in [4.78, 5) is 4.29. The van der Waals surface area contributed by atoms with Gasteiger partial charge in [-0.2, -0.15) is 5.10 Å². The lowest BCUT2D eigenvalue weighted by molar-refractivity contribution is 0.588. The number of benzene rings is 1. The Hall–Kier alpha value is -2.69. The van der Waals surface area contributed by atoms with Gasteiger partial charge in [-0.25, -0.2) is 14.1 Å². The van der Waals surface area contributed by atoms with Crippen LogP contribution in [0.25, 0.3) is 16.7 Å². The molecule has 4 nitrogen and oxygen atoms in total. The van der Waals surface area contributed by atoms with Crippen LogP contribution in [0.4, 0.5) is 4.39 Å². The van der Waals surface area contributed by atoms with Crippen LogP contribution in [-0.4, -0.2) is 14.8 Å². The molecule has 0 unspecified atom stereocenters. The highest BCUT2D eigenvalue weighted by Gasteiger charge is 2.13. The molecule has 0 atom stereocenters. The van der Waals surface area contributed by atoms with E-state index >= 15 is 0 Å². The van der Waals surface area contributed by atoms with Crippen molar-refractivity contribution in [3.05, 3.63) is 66.2 Å². The van der Waals surface area contributed by atoms with E-state index in [2.05, 4.69) is 16.7 Å². The first-order chi connectivity index (χ1) is 9.66. The standard InChI is InChI=1S/C15H13FN4/c1-10(17)14-12-6-4-8-18-15(12)20(19-14)9-11-5-2-3-7-13(11)16/h2-8H,1,9,17H2. The zero-order valence-electron chi connectivity index (χ0n) is 10.8. The summed E-state index contributed by atoms with van der Waals surface area (Å²) in [6, 6.07) is 10.3. The molecule has 3 rings (SSSR count). The molecule has 0 aliphatic rings. The SMILES string of the molecule is C=C(N)c1nn(Cc2ccccc2F)c2ncccc12. The number of hydrogen-bond donors (Lipinski definition) is 1. The van der Waals surface area contributed by atoms with Crippen molar-refractivity contribution in [1.82, 2.24) is 14.8 Å². The van der Waals surface area contributed by atoms with Gasteiger partial charge in [-0.15, -0.1) is 0 Å². The molecule has 0 spiro atoms. The maximum atomic E-state index is 13.7. The van der Waals surface area contributed by atoms with Gasteiger partial charge >= 0.3 is 0 Å². The van der Waals surface area contributed by atoms with Crippen LogP contribution in [0, 0.1) is 5.82 Å². The van der Waals surface area contributed by atoms with Crippen molar-refractivity contribution >= 4 is 16.7 Å². The average Bonchev–Trinajstić information content (AvgIpc) is 2.81. The molecule has 20 heavy (non-hydrogen) atoms. The van der Waals surface area contributed by atoms with E-state index < -0.39 is 0 Å². The molecule has 0 bridgehead atoms. The van der Waals surface area contributed by atoms with Gasteiger partial charge in [-0.1, -0.05) is 24.8 Å². The number of aromatic nitrogens is 3. The fourth-order valence-corrected chi connectivity index (χ4v) is 2.14. The fraction of sp³-hybridized carbons (Fsp3) is 0.0667. The van der Waals surface area contributed by atoms with Crippen LogP contribution in [0.5, 0.6) is 0 Å². The van der Waals surface area contributed by atoms with Crippen LogP contribution in [0.3, 0.4) is 0 Å². The summed E-state index contributed by atoms with van der Waals surface area (Å²) in [7, 11) is 0. The summed E-state index contributed by atoms with van der Waals surface area (Å²) in [5.74, 6) is -0.264. The summed E-state index contributed by atoms with van der Waals surface area (Å²) in [5, 5.41) is 5.20. The predicted octanol–water partition coefficient (Wildman–Crippen LogP) is 2.55. The maximum Gasteiger partial charge on any atom is 0.158 e. The molecule has 100 valence electrons. The molecule has 2 heterocycles. The van der Waals surface area contributed by atoms with E-state index in [1.807, 2.05) is 12.1 Å². The van der Waals surface area contributed by atoms with Crippen LogP contribution in [-0.2, 0) is 6.54 Å². The van der Waals surface area contributed by atoms with Crippen LogP contribution in [0.15, 0.2) is 49.2 Å². The van der Waals surface area contributed by atoms with E-state index in [0.717, 1.165) is 5.39 Å². The Bertz CT molecular complexity index is 791. The Morgan fingerprint density at radius 3 is 2.80 bits per heavy atom. The number of hydrogen-bond acceptors (Lipinski definition) is 3. The van der Waals surface area contributed by atoms with E-state index in [1.54, 1.807) is 29.1 Å². The van der Waals surface area contributed by atoms with Gasteiger partial charge in [0.05, 0.1) is 12.2 Å². The van der Waals surface area contributed by atoms with Gasteiger partial charge in [0.25, 0.3) is 0 Å². The highest BCUT2D eigenvalue weighted by molar-refractivity contribution is 5.87. The lowest BCUT2D eigenvalue weighted by Gasteiger charge is -2.04. The van der Waals surface area contributed by atoms with Crippen molar-refractivity contribution in [2.75, 3.05) is 0 Å². The van der Waals surface area contributed by atoms with E-state index in [0.29, 0.717) is 29.1 Å². The van der Waals surface area contributed by atoms with Crippen LogP contribution >= 0.6 is 0 Å². The first-order valence-corrected chi connectivity index (χ1v) is 6.16. The van der Waals surface area contributed by atoms with Crippen LogP contribution in [0.2, 0.25) is 0 Å². The smallest absolute Gasteiger partial charge is 0.158 e. The second-order valence-electron chi connectivity index (χ2n) is 4.50. The molecule has 0 aliphatic carbocycles. The van der Waals surface area contributed by atoms with Crippen LogP contribution in [0.1, 0.15) is 11.3 Å². The number of nitrogens with zero attached hydrogens (tertiary/aromatic N) is 3. The van der Waals surface area contributed by atoms with Gasteiger partial charge in [0.2, 0.25) is 0 Å². The Labute approximate surface area is 115 Å². The first-order valence-electron chi connectivity index (χ1n) is 6.16. The number of nitrogens with two attached hydrogens (primary N) is 1. The summed E-state index contributed by atoms with van der Waals surface area (Å²) < 4.78 is 15.4. The summed E-state index contributed by atoms with van der Waals surface area (Å²) >= 11 is 0. The van der Waals surface area contributed by atoms with Gasteiger partial charge in [-0.05, 0) is 18.2 Å². The topological polar surface area (TPSA) is 56.7 Å². The lowest BCUT2D eigenvalue weighted by Crippen LogP contribution is -2.05. The van der Waals surface area contributed by atoms with Crippen molar-refractivity contribution in [1.29, 1.82) is 0 Å². The van der Waals surface area contributed by atoms with E-state index in [1.165, 1.54) is 6.07 Å². The minimum Gasteiger partial charge on any atom is -0.397 e. The van der Waals surface area contributed by atoms with Crippen LogP contribution < -0.4 is 5.73 Å². The Balaban J connectivity index is 2.13. The molecule has 0 fully saturated rings. The van der Waals surface area contributed by atoms with Crippen molar-refractivity contribution in [2.45, 2.75) is 6.54 Å². The Morgan fingerprint density at radius 1 is 1.25 bits per heavy atom. The molecule has 5 heteroatoms. The highest BCUT2D eigenvalue weighted by Crippen LogP contribution is 2.21. The largest absolute Gasteiger partial charge is 0.397 e. The predicted molar refractivity (Wildman–Crippen MR) is 76.3 cm³/mol. The lowest BCUT2D eigenvalue weighted by atomic mass is 10.2. The van der Waals surface area contributed by atoms with Gasteiger partial charge in [0.1, 0.15) is 11.5 Å². The normalized spacial score (nSPS) is 10.8. The van der Waals surface area contributed by atoms with Crippen molar-refractivity contribution < 1.29 is 4.39 Å². The number of halogens is 1. The number of rotatable bonds is 3. The van der Waals surface area contributed by atoms with E-state index in [-0.39, 0.29) is 5.82 Å². The van der Waals surface area contributed by atoms with Gasteiger partial charge in [-0.3, -0.25) is 0 Å². The average molecular weight is 268 g/mol. The molecular formula is C15H13FN4. The zero-order valence-corrected chi connectivity index (χ0v) is 10.8. The van der Waals surface area contributed by atoms with E-state index in [9.17, 15) is 4.39 Å². The molecule has 0 amide bonds. The Morgan fingerprint density at radius 2 is 2.05 bits per heavy atom. The zero-order chi connectivity index (χ0) is 14.1. The monoisotopic (exact) mass is 268 g/mol. The second-order valence-corrected chi connectivity index (χ2v) is 4.50. The molecule has 0 radical (unpaired) electrons. The molecule has 0 saturated carbocycles. The molecular weight excluding hydrogens is 255 g/mol. The van der Waals surface area contributed by atoms with Gasteiger partial charge in [0, 0.05) is 17.1 Å². The van der Waals surface area contributed by atoms with E-state index in [4.69, 9.17) is 5.73 Å². The van der Waals surface area contributed by atoms with Gasteiger partial charge < -0.3 is 5.73 Å². The third kappa shape index (κ3) is 2.03. The molecule has 1 aromatic carbocycles. The highest BCUT2D eigenvalue weighted by atomic mass is 19.1. The number of fused-ring (bicyclic) bond motifs is 1. The molecule has 2 N–H and O–H groups in total. The fourth-order valence-electron chi connectivity index (χ4n) is 2.14.